The van der Waals surface area contributed by atoms with Gasteiger partial charge in [0.25, 0.3) is 0 Å². The zero-order valence-corrected chi connectivity index (χ0v) is 8.76. The molecule has 0 aliphatic carbocycles. The molecular weight excluding hydrogens is 192 g/mol. The number of benzene rings is 1. The molecule has 0 spiro atoms. The standard InChI is InChI=1S/C12H16O3/c1-9(12(15)11(14)8-13)7-10-5-3-2-4-6-10/h2-6,9,12-13,15H,7-8H2,1H3. The van der Waals surface area contributed by atoms with Crippen LogP contribution >= 0.6 is 0 Å². The van der Waals surface area contributed by atoms with Gasteiger partial charge in [0.2, 0.25) is 0 Å². The Bertz CT molecular complexity index is 308. The second-order valence-electron chi connectivity index (χ2n) is 3.74. The van der Waals surface area contributed by atoms with Gasteiger partial charge >= 0.3 is 0 Å². The van der Waals surface area contributed by atoms with E-state index in [1.165, 1.54) is 0 Å². The van der Waals surface area contributed by atoms with Crippen molar-refractivity contribution in [3.05, 3.63) is 35.9 Å². The summed E-state index contributed by atoms with van der Waals surface area (Å²) >= 11 is 0. The van der Waals surface area contributed by atoms with Crippen molar-refractivity contribution in [1.82, 2.24) is 0 Å². The van der Waals surface area contributed by atoms with Crippen molar-refractivity contribution in [1.29, 1.82) is 0 Å². The molecule has 0 saturated carbocycles. The molecular formula is C12H16O3. The van der Waals surface area contributed by atoms with Gasteiger partial charge in [-0.1, -0.05) is 37.3 Å². The van der Waals surface area contributed by atoms with Crippen molar-refractivity contribution in [3.8, 4) is 0 Å². The van der Waals surface area contributed by atoms with E-state index >= 15 is 0 Å². The smallest absolute Gasteiger partial charge is 0.186 e. The highest BCUT2D eigenvalue weighted by Gasteiger charge is 2.21. The van der Waals surface area contributed by atoms with Gasteiger partial charge in [0.05, 0.1) is 0 Å². The fourth-order valence-electron chi connectivity index (χ4n) is 1.51. The van der Waals surface area contributed by atoms with Crippen LogP contribution in [0.4, 0.5) is 0 Å². The normalized spacial score (nSPS) is 14.6. The van der Waals surface area contributed by atoms with Crippen LogP contribution in [0.2, 0.25) is 0 Å². The van der Waals surface area contributed by atoms with Gasteiger partial charge in [0, 0.05) is 0 Å². The van der Waals surface area contributed by atoms with Crippen LogP contribution in [-0.2, 0) is 11.2 Å². The lowest BCUT2D eigenvalue weighted by molar-refractivity contribution is -0.132. The number of ketones is 1. The number of aliphatic hydroxyl groups is 2. The minimum atomic E-state index is -1.07. The summed E-state index contributed by atoms with van der Waals surface area (Å²) in [4.78, 5) is 11.0. The van der Waals surface area contributed by atoms with Crippen LogP contribution in [0.5, 0.6) is 0 Å². The third-order valence-electron chi connectivity index (χ3n) is 2.43. The Morgan fingerprint density at radius 3 is 2.47 bits per heavy atom. The topological polar surface area (TPSA) is 57.5 Å². The second kappa shape index (κ2) is 5.63. The number of hydrogen-bond donors (Lipinski definition) is 2. The van der Waals surface area contributed by atoms with Gasteiger partial charge in [0.15, 0.2) is 5.78 Å². The molecule has 2 unspecified atom stereocenters. The fourth-order valence-corrected chi connectivity index (χ4v) is 1.51. The lowest BCUT2D eigenvalue weighted by atomic mass is 9.94. The van der Waals surface area contributed by atoms with Gasteiger partial charge in [-0.25, -0.2) is 0 Å². The maximum absolute atomic E-state index is 11.0. The number of Topliss-reactive ketones (excluding diaryl/α,β-unsaturated/α-hetero) is 1. The van der Waals surface area contributed by atoms with Crippen LogP contribution < -0.4 is 0 Å². The van der Waals surface area contributed by atoms with Crippen molar-refractivity contribution < 1.29 is 15.0 Å². The summed E-state index contributed by atoms with van der Waals surface area (Å²) in [5.74, 6) is -0.689. The van der Waals surface area contributed by atoms with Gasteiger partial charge in [0.1, 0.15) is 12.7 Å². The van der Waals surface area contributed by atoms with Crippen molar-refractivity contribution in [2.45, 2.75) is 19.4 Å². The van der Waals surface area contributed by atoms with Gasteiger partial charge in [-0.05, 0) is 17.9 Å². The minimum Gasteiger partial charge on any atom is -0.388 e. The number of rotatable bonds is 5. The Labute approximate surface area is 89.4 Å². The molecule has 1 aromatic rings. The number of hydrogen-bond acceptors (Lipinski definition) is 3. The lowest BCUT2D eigenvalue weighted by Crippen LogP contribution is -2.31. The molecule has 0 aliphatic heterocycles. The summed E-state index contributed by atoms with van der Waals surface area (Å²) in [6.07, 6.45) is -0.441. The Balaban J connectivity index is 2.56. The molecule has 0 amide bonds. The highest BCUT2D eigenvalue weighted by Crippen LogP contribution is 2.12. The van der Waals surface area contributed by atoms with Gasteiger partial charge in [-0.2, -0.15) is 0 Å². The van der Waals surface area contributed by atoms with E-state index in [4.69, 9.17) is 5.11 Å². The highest BCUT2D eigenvalue weighted by molar-refractivity contribution is 5.84. The fraction of sp³-hybridized carbons (Fsp3) is 0.417. The van der Waals surface area contributed by atoms with Crippen LogP contribution in [0.15, 0.2) is 30.3 Å². The monoisotopic (exact) mass is 208 g/mol. The maximum atomic E-state index is 11.0. The Hall–Kier alpha value is -1.19. The zero-order chi connectivity index (χ0) is 11.3. The lowest BCUT2D eigenvalue weighted by Gasteiger charge is -2.16. The molecule has 1 aromatic carbocycles. The minimum absolute atomic E-state index is 0.174. The molecule has 15 heavy (non-hydrogen) atoms. The Morgan fingerprint density at radius 1 is 1.33 bits per heavy atom. The molecule has 1 rings (SSSR count). The van der Waals surface area contributed by atoms with Crippen LogP contribution in [0.3, 0.4) is 0 Å². The molecule has 82 valence electrons. The summed E-state index contributed by atoms with van der Waals surface area (Å²) in [5.41, 5.74) is 1.08. The quantitative estimate of drug-likeness (QED) is 0.752. The molecule has 0 radical (unpaired) electrons. The molecule has 2 N–H and O–H groups in total. The SMILES string of the molecule is CC(Cc1ccccc1)C(O)C(=O)CO. The van der Waals surface area contributed by atoms with Gasteiger partial charge in [-0.3, -0.25) is 4.79 Å². The maximum Gasteiger partial charge on any atom is 0.186 e. The summed E-state index contributed by atoms with van der Waals surface area (Å²) in [7, 11) is 0. The van der Waals surface area contributed by atoms with E-state index in [-0.39, 0.29) is 5.92 Å². The first-order chi connectivity index (χ1) is 7.15. The van der Waals surface area contributed by atoms with Crippen LogP contribution in [0, 0.1) is 5.92 Å². The molecule has 0 saturated heterocycles. The highest BCUT2D eigenvalue weighted by atomic mass is 16.3. The first-order valence-electron chi connectivity index (χ1n) is 5.00. The van der Waals surface area contributed by atoms with Crippen molar-refractivity contribution in [2.24, 2.45) is 5.92 Å². The Kier molecular flexibility index (Phi) is 4.46. The number of aliphatic hydroxyl groups excluding tert-OH is 2. The van der Waals surface area contributed by atoms with Crippen molar-refractivity contribution in [2.75, 3.05) is 6.61 Å². The molecule has 0 fully saturated rings. The third-order valence-corrected chi connectivity index (χ3v) is 2.43. The van der Waals surface area contributed by atoms with Crippen molar-refractivity contribution >= 4 is 5.78 Å². The van der Waals surface area contributed by atoms with Crippen LogP contribution in [0.1, 0.15) is 12.5 Å². The number of carbonyl (C=O) groups excluding carboxylic acids is 1. The van der Waals surface area contributed by atoms with E-state index in [0.717, 1.165) is 5.56 Å². The zero-order valence-electron chi connectivity index (χ0n) is 8.76. The number of carbonyl (C=O) groups is 1. The molecule has 0 aromatic heterocycles. The summed E-state index contributed by atoms with van der Waals surface area (Å²) < 4.78 is 0. The summed E-state index contributed by atoms with van der Waals surface area (Å²) in [5, 5.41) is 18.1. The first kappa shape index (κ1) is 11.9. The van der Waals surface area contributed by atoms with Gasteiger partial charge in [-0.15, -0.1) is 0 Å². The molecule has 2 atom stereocenters. The van der Waals surface area contributed by atoms with E-state index in [9.17, 15) is 9.90 Å². The molecule has 3 nitrogen and oxygen atoms in total. The van der Waals surface area contributed by atoms with E-state index in [1.54, 1.807) is 6.92 Å². The van der Waals surface area contributed by atoms with E-state index in [0.29, 0.717) is 6.42 Å². The predicted octanol–water partition coefficient (Wildman–Crippen LogP) is 0.787. The van der Waals surface area contributed by atoms with Crippen LogP contribution in [0.25, 0.3) is 0 Å². The molecule has 0 bridgehead atoms. The van der Waals surface area contributed by atoms with E-state index in [2.05, 4.69) is 0 Å². The first-order valence-corrected chi connectivity index (χ1v) is 5.00. The summed E-state index contributed by atoms with van der Waals surface area (Å²) in [6.45, 7) is 1.20. The van der Waals surface area contributed by atoms with E-state index in [1.807, 2.05) is 30.3 Å². The third kappa shape index (κ3) is 3.46. The van der Waals surface area contributed by atoms with Crippen molar-refractivity contribution in [3.63, 3.8) is 0 Å². The Morgan fingerprint density at radius 2 is 1.93 bits per heavy atom. The average molecular weight is 208 g/mol. The summed E-state index contributed by atoms with van der Waals surface area (Å²) in [6, 6.07) is 9.66. The van der Waals surface area contributed by atoms with E-state index < -0.39 is 18.5 Å². The van der Waals surface area contributed by atoms with Crippen LogP contribution in [-0.4, -0.2) is 28.7 Å². The van der Waals surface area contributed by atoms with Gasteiger partial charge < -0.3 is 10.2 Å². The molecule has 3 heteroatoms. The molecule has 0 aliphatic rings. The second-order valence-corrected chi connectivity index (χ2v) is 3.74. The predicted molar refractivity (Wildman–Crippen MR) is 57.4 cm³/mol. The molecule has 0 heterocycles. The average Bonchev–Trinajstić information content (AvgIpc) is 2.28. The largest absolute Gasteiger partial charge is 0.388 e.